The van der Waals surface area contributed by atoms with E-state index >= 15 is 0 Å². The van der Waals surface area contributed by atoms with Crippen molar-refractivity contribution < 1.29 is 0 Å². The van der Waals surface area contributed by atoms with Crippen LogP contribution in [0.3, 0.4) is 0 Å². The summed E-state index contributed by atoms with van der Waals surface area (Å²) in [6.07, 6.45) is 45.0. The molecule has 4 heteroatoms. The summed E-state index contributed by atoms with van der Waals surface area (Å²) in [5.41, 5.74) is 1.48. The van der Waals surface area contributed by atoms with Gasteiger partial charge in [-0.2, -0.15) is 0 Å². The van der Waals surface area contributed by atoms with E-state index in [4.69, 9.17) is 0 Å². The Morgan fingerprint density at radius 3 is 0.811 bits per heavy atom. The normalized spacial score (nSPS) is 15.3. The fraction of sp³-hybridized carbons (Fsp3) is 0.930. The van der Waals surface area contributed by atoms with E-state index in [2.05, 4.69) is 216 Å². The lowest BCUT2D eigenvalue weighted by Crippen LogP contribution is -2.41. The Morgan fingerprint density at radius 1 is 0.278 bits per heavy atom. The fourth-order valence-electron chi connectivity index (χ4n) is 14.3. The van der Waals surface area contributed by atoms with Crippen LogP contribution in [0.15, 0.2) is 30.3 Å². The largest absolute Gasteiger partial charge is 0.303 e. The van der Waals surface area contributed by atoms with Gasteiger partial charge in [-0.25, -0.2) is 0 Å². The van der Waals surface area contributed by atoms with Gasteiger partial charge >= 0.3 is 0 Å². The third-order valence-electron chi connectivity index (χ3n) is 20.7. The van der Waals surface area contributed by atoms with Crippen molar-refractivity contribution in [2.45, 2.75) is 390 Å². The maximum Gasteiger partial charge on any atom is 0.00695 e. The van der Waals surface area contributed by atoms with Gasteiger partial charge in [0.15, 0.2) is 0 Å². The molecule has 1 aromatic rings. The molecule has 1 rings (SSSR count). The zero-order valence-electron chi connectivity index (χ0n) is 67.1. The lowest BCUT2D eigenvalue weighted by Gasteiger charge is -2.36. The van der Waals surface area contributed by atoms with Crippen molar-refractivity contribution >= 4 is 0 Å². The highest BCUT2D eigenvalue weighted by molar-refractivity contribution is 5.14. The van der Waals surface area contributed by atoms with Gasteiger partial charge in [0, 0.05) is 77.5 Å². The SMILES string of the molecule is CCCCC(CC)CN(CC(C)C)C(C)CC(C)C.CCCCC(CC)CN(CC(C)CCC)CC(CC)CCCC.CCCCC(CC)CN(CC(CC)CCCC)C(C)CC(C)C.CCCCC(CC)CN(CCc1ccccc1)CC(CC)CCCC. The highest BCUT2D eigenvalue weighted by Gasteiger charge is 2.24. The molecule has 0 saturated heterocycles. The van der Waals surface area contributed by atoms with Crippen LogP contribution in [-0.4, -0.2) is 97.1 Å². The minimum Gasteiger partial charge on any atom is -0.303 e. The molecule has 0 aliphatic heterocycles. The lowest BCUT2D eigenvalue weighted by atomic mass is 9.93. The van der Waals surface area contributed by atoms with Gasteiger partial charge in [-0.1, -0.05) is 324 Å². The number of nitrogens with zero attached hydrogens (tertiary/aromatic N) is 4. The molecule has 1 aromatic carbocycles. The number of benzene rings is 1. The zero-order chi connectivity index (χ0) is 68.3. The van der Waals surface area contributed by atoms with Crippen molar-refractivity contribution in [2.24, 2.45) is 65.1 Å². The number of unbranched alkanes of at least 4 members (excludes halogenated alkanes) is 7. The molecular formula is C86H176N4. The van der Waals surface area contributed by atoms with E-state index < -0.39 is 0 Å². The van der Waals surface area contributed by atoms with Gasteiger partial charge in [-0.05, 0) is 155 Å². The Bertz CT molecular complexity index is 1470. The van der Waals surface area contributed by atoms with Crippen LogP contribution in [-0.2, 0) is 6.42 Å². The number of hydrogen-bond acceptors (Lipinski definition) is 4. The molecular weight excluding hydrogens is 1090 g/mol. The van der Waals surface area contributed by atoms with Crippen LogP contribution in [0.1, 0.15) is 377 Å². The minimum absolute atomic E-state index is 0.734. The molecule has 0 aliphatic carbocycles. The first kappa shape index (κ1) is 93.2. The number of rotatable bonds is 57. The summed E-state index contributed by atoms with van der Waals surface area (Å²) in [5, 5.41) is 0. The highest BCUT2D eigenvalue weighted by atomic mass is 15.2. The zero-order valence-corrected chi connectivity index (χ0v) is 67.1. The molecule has 10 unspecified atom stereocenters. The van der Waals surface area contributed by atoms with E-state index in [0.29, 0.717) is 0 Å². The Morgan fingerprint density at radius 2 is 0.556 bits per heavy atom. The van der Waals surface area contributed by atoms with E-state index in [9.17, 15) is 0 Å². The van der Waals surface area contributed by atoms with Gasteiger partial charge in [0.05, 0.1) is 0 Å². The predicted molar refractivity (Wildman–Crippen MR) is 416 cm³/mol. The summed E-state index contributed by atoms with van der Waals surface area (Å²) in [5.74, 6) is 9.50. The topological polar surface area (TPSA) is 13.0 Å². The van der Waals surface area contributed by atoms with E-state index in [1.807, 2.05) is 0 Å². The summed E-state index contributed by atoms with van der Waals surface area (Å²) >= 11 is 0. The monoisotopic (exact) mass is 1270 g/mol. The summed E-state index contributed by atoms with van der Waals surface area (Å²) in [4.78, 5) is 11.2. The fourth-order valence-corrected chi connectivity index (χ4v) is 14.3. The molecule has 0 aliphatic rings. The van der Waals surface area contributed by atoms with Crippen LogP contribution in [0.25, 0.3) is 0 Å². The van der Waals surface area contributed by atoms with Crippen LogP contribution in [0.4, 0.5) is 0 Å². The first-order valence-corrected chi connectivity index (χ1v) is 41.2. The second-order valence-corrected chi connectivity index (χ2v) is 31.3. The van der Waals surface area contributed by atoms with Crippen molar-refractivity contribution in [3.8, 4) is 0 Å². The van der Waals surface area contributed by atoms with Gasteiger partial charge in [-0.3, -0.25) is 0 Å². The van der Waals surface area contributed by atoms with Crippen molar-refractivity contribution in [1.82, 2.24) is 19.6 Å². The first-order valence-electron chi connectivity index (χ1n) is 41.2. The number of hydrogen-bond donors (Lipinski definition) is 0. The maximum atomic E-state index is 2.85. The summed E-state index contributed by atoms with van der Waals surface area (Å²) in [6, 6.07) is 12.5. The second-order valence-electron chi connectivity index (χ2n) is 31.3. The van der Waals surface area contributed by atoms with E-state index in [-0.39, 0.29) is 0 Å². The van der Waals surface area contributed by atoms with Gasteiger partial charge in [-0.15, -0.1) is 0 Å². The average Bonchev–Trinajstić information content (AvgIpc) is 3.03. The van der Waals surface area contributed by atoms with Gasteiger partial charge in [0.25, 0.3) is 0 Å². The minimum atomic E-state index is 0.734. The van der Waals surface area contributed by atoms with Crippen LogP contribution in [0.5, 0.6) is 0 Å². The Kier molecular flexibility index (Phi) is 67.7. The molecule has 10 atom stereocenters. The highest BCUT2D eigenvalue weighted by Crippen LogP contribution is 2.26. The van der Waals surface area contributed by atoms with Crippen molar-refractivity contribution in [3.63, 3.8) is 0 Å². The van der Waals surface area contributed by atoms with Crippen molar-refractivity contribution in [1.29, 1.82) is 0 Å². The molecule has 4 nitrogen and oxygen atoms in total. The van der Waals surface area contributed by atoms with Crippen molar-refractivity contribution in [2.75, 3.05) is 65.4 Å². The van der Waals surface area contributed by atoms with E-state index in [1.54, 1.807) is 0 Å². The quantitative estimate of drug-likeness (QED) is 0.0644. The van der Waals surface area contributed by atoms with Crippen LogP contribution < -0.4 is 0 Å². The maximum absolute atomic E-state index is 2.85. The van der Waals surface area contributed by atoms with Crippen LogP contribution in [0.2, 0.25) is 0 Å². The van der Waals surface area contributed by atoms with Crippen LogP contribution >= 0.6 is 0 Å². The van der Waals surface area contributed by atoms with E-state index in [1.165, 1.54) is 283 Å². The average molecular weight is 1270 g/mol. The van der Waals surface area contributed by atoms with E-state index in [0.717, 1.165) is 77.2 Å². The molecule has 0 saturated carbocycles. The Hall–Kier alpha value is -0.940. The second kappa shape index (κ2) is 65.4. The lowest BCUT2D eigenvalue weighted by molar-refractivity contribution is 0.125. The molecule has 0 radical (unpaired) electrons. The van der Waals surface area contributed by atoms with Gasteiger partial charge < -0.3 is 19.6 Å². The summed E-state index contributed by atoms with van der Waals surface area (Å²) in [6.45, 7) is 69.8. The smallest absolute Gasteiger partial charge is 0.00695 e. The molecule has 0 bridgehead atoms. The molecule has 90 heavy (non-hydrogen) atoms. The Balaban J connectivity index is -0.00000113. The predicted octanol–water partition coefficient (Wildman–Crippen LogP) is 26.9. The molecule has 0 N–H and O–H groups in total. The molecule has 0 heterocycles. The first-order chi connectivity index (χ1) is 43.2. The summed E-state index contributed by atoms with van der Waals surface area (Å²) in [7, 11) is 0. The molecule has 0 amide bonds. The van der Waals surface area contributed by atoms with Crippen LogP contribution in [0, 0.1) is 65.1 Å². The summed E-state index contributed by atoms with van der Waals surface area (Å²) < 4.78 is 0. The standard InChI is InChI=1S/C24H43N.2C22H47N.C18H39N/c1-5-9-14-22(7-3)20-25(21-23(8-4)15-10-6-2)19-18-24-16-12-11-13-17-24;1-8-12-14-21(10-3)17-23(20(7)16-19(5)6)18-22(11-4)15-13-9-2;1-7-12-15-21(10-4)18-23(17-20(6)14-9-3)19-22(11-5)16-13-8-2;1-8-10-11-18(9-2)14-19(13-16(5)6)17(7)12-15(3)4/h11-13,16-17,22-23H,5-10,14-15,18-21H2,1-4H3;19-22H,8-18H2,1-7H3;20-22H,7-19H2,1-6H3;15-18H,8-14H2,1-7H3. The third-order valence-corrected chi connectivity index (χ3v) is 20.7. The van der Waals surface area contributed by atoms with Gasteiger partial charge in [0.2, 0.25) is 0 Å². The molecule has 0 aromatic heterocycles. The molecule has 0 fully saturated rings. The third kappa shape index (κ3) is 54.2. The van der Waals surface area contributed by atoms with Crippen molar-refractivity contribution in [3.05, 3.63) is 35.9 Å². The molecule has 540 valence electrons. The Labute approximate surface area is 573 Å². The molecule has 0 spiro atoms. The van der Waals surface area contributed by atoms with Gasteiger partial charge in [0.1, 0.15) is 0 Å².